The first-order chi connectivity index (χ1) is 8.11. The Balaban J connectivity index is 2.45. The first-order valence-electron chi connectivity index (χ1n) is 5.08. The summed E-state index contributed by atoms with van der Waals surface area (Å²) in [7, 11) is 0. The smallest absolute Gasteiger partial charge is 0.273 e. The summed E-state index contributed by atoms with van der Waals surface area (Å²) in [5.74, 6) is -0.840. The quantitative estimate of drug-likeness (QED) is 0.787. The second-order valence-corrected chi connectivity index (χ2v) is 3.99. The molecule has 0 N–H and O–H groups in total. The highest BCUT2D eigenvalue weighted by Crippen LogP contribution is 2.21. The van der Waals surface area contributed by atoms with Gasteiger partial charge in [0.1, 0.15) is 0 Å². The van der Waals surface area contributed by atoms with Gasteiger partial charge >= 0.3 is 0 Å². The standard InChI is InChI=1S/C12H10ClFN2O/c1-8(9-5-3-2-4-6-9)16-7-15-12(14)10(16)11(13)17/h2-8H,1H3. The molecule has 0 fully saturated rings. The third kappa shape index (κ3) is 2.22. The minimum atomic E-state index is -0.845. The van der Waals surface area contributed by atoms with E-state index in [1.54, 1.807) is 0 Å². The number of aromatic nitrogens is 2. The number of nitrogens with zero attached hydrogens (tertiary/aromatic N) is 2. The lowest BCUT2D eigenvalue weighted by Gasteiger charge is -2.15. The van der Waals surface area contributed by atoms with Crippen molar-refractivity contribution in [2.24, 2.45) is 0 Å². The molecule has 0 spiro atoms. The number of hydrogen-bond donors (Lipinski definition) is 0. The number of carbonyl (C=O) groups excluding carboxylic acids is 1. The van der Waals surface area contributed by atoms with Crippen molar-refractivity contribution in [3.63, 3.8) is 0 Å². The molecule has 0 aliphatic rings. The van der Waals surface area contributed by atoms with Crippen LogP contribution in [0.1, 0.15) is 29.0 Å². The average molecular weight is 253 g/mol. The summed E-state index contributed by atoms with van der Waals surface area (Å²) in [4.78, 5) is 14.6. The molecule has 5 heteroatoms. The second-order valence-electron chi connectivity index (χ2n) is 3.65. The van der Waals surface area contributed by atoms with Crippen molar-refractivity contribution >= 4 is 16.8 Å². The number of carbonyl (C=O) groups is 1. The van der Waals surface area contributed by atoms with Gasteiger partial charge in [-0.05, 0) is 24.1 Å². The van der Waals surface area contributed by atoms with E-state index in [-0.39, 0.29) is 11.7 Å². The van der Waals surface area contributed by atoms with Crippen LogP contribution in [0.5, 0.6) is 0 Å². The molecule has 17 heavy (non-hydrogen) atoms. The van der Waals surface area contributed by atoms with Gasteiger partial charge in [0.2, 0.25) is 5.95 Å². The van der Waals surface area contributed by atoms with Gasteiger partial charge in [-0.1, -0.05) is 30.3 Å². The summed E-state index contributed by atoms with van der Waals surface area (Å²) in [6, 6.07) is 9.22. The third-order valence-corrected chi connectivity index (χ3v) is 2.81. The molecule has 0 aliphatic heterocycles. The molecule has 2 rings (SSSR count). The van der Waals surface area contributed by atoms with E-state index in [0.29, 0.717) is 0 Å². The van der Waals surface area contributed by atoms with Gasteiger partial charge in [0.05, 0.1) is 12.4 Å². The van der Waals surface area contributed by atoms with Gasteiger partial charge in [0.15, 0.2) is 5.69 Å². The molecule has 1 aromatic heterocycles. The molecule has 0 saturated heterocycles. The molecule has 1 unspecified atom stereocenters. The molecule has 1 heterocycles. The van der Waals surface area contributed by atoms with Gasteiger partial charge in [-0.3, -0.25) is 4.79 Å². The predicted molar refractivity (Wildman–Crippen MR) is 62.6 cm³/mol. The number of rotatable bonds is 3. The molecule has 2 aromatic rings. The fourth-order valence-corrected chi connectivity index (χ4v) is 1.88. The molecular weight excluding hydrogens is 243 g/mol. The lowest BCUT2D eigenvalue weighted by molar-refractivity contribution is 0.106. The maximum absolute atomic E-state index is 13.3. The summed E-state index contributed by atoms with van der Waals surface area (Å²) in [5, 5.41) is -0.845. The molecule has 0 bridgehead atoms. The molecule has 0 aliphatic carbocycles. The van der Waals surface area contributed by atoms with Crippen LogP contribution in [0.3, 0.4) is 0 Å². The van der Waals surface area contributed by atoms with Crippen LogP contribution in [0.4, 0.5) is 4.39 Å². The van der Waals surface area contributed by atoms with Crippen LogP contribution in [0.2, 0.25) is 0 Å². The van der Waals surface area contributed by atoms with Crippen molar-refractivity contribution in [3.8, 4) is 0 Å². The van der Waals surface area contributed by atoms with Crippen molar-refractivity contribution in [1.29, 1.82) is 0 Å². The summed E-state index contributed by atoms with van der Waals surface area (Å²) in [6.45, 7) is 1.85. The number of hydrogen-bond acceptors (Lipinski definition) is 2. The fourth-order valence-electron chi connectivity index (χ4n) is 1.71. The first kappa shape index (κ1) is 11.8. The highest BCUT2D eigenvalue weighted by Gasteiger charge is 2.20. The molecule has 3 nitrogen and oxygen atoms in total. The lowest BCUT2D eigenvalue weighted by atomic mass is 10.1. The highest BCUT2D eigenvalue weighted by molar-refractivity contribution is 6.67. The van der Waals surface area contributed by atoms with E-state index in [0.717, 1.165) is 5.56 Å². The maximum atomic E-state index is 13.3. The van der Waals surface area contributed by atoms with Gasteiger partial charge in [0, 0.05) is 0 Å². The fraction of sp³-hybridized carbons (Fsp3) is 0.167. The SMILES string of the molecule is CC(c1ccccc1)n1cnc(F)c1C(=O)Cl. The minimum Gasteiger partial charge on any atom is -0.317 e. The number of benzene rings is 1. The van der Waals surface area contributed by atoms with Crippen LogP contribution in [0, 0.1) is 5.95 Å². The Morgan fingerprint density at radius 2 is 2.06 bits per heavy atom. The molecule has 88 valence electrons. The first-order valence-corrected chi connectivity index (χ1v) is 5.46. The van der Waals surface area contributed by atoms with Crippen LogP contribution in [-0.2, 0) is 0 Å². The van der Waals surface area contributed by atoms with Crippen LogP contribution >= 0.6 is 11.6 Å². The Morgan fingerprint density at radius 1 is 1.41 bits per heavy atom. The van der Waals surface area contributed by atoms with Crippen LogP contribution < -0.4 is 0 Å². The van der Waals surface area contributed by atoms with Crippen molar-refractivity contribution in [2.45, 2.75) is 13.0 Å². The second kappa shape index (κ2) is 4.67. The molecule has 0 saturated carbocycles. The van der Waals surface area contributed by atoms with Crippen LogP contribution in [0.15, 0.2) is 36.7 Å². The van der Waals surface area contributed by atoms with Crippen LogP contribution in [-0.4, -0.2) is 14.8 Å². The van der Waals surface area contributed by atoms with Gasteiger partial charge < -0.3 is 4.57 Å². The molecule has 0 amide bonds. The van der Waals surface area contributed by atoms with E-state index >= 15 is 0 Å². The Morgan fingerprint density at radius 3 is 2.65 bits per heavy atom. The summed E-state index contributed by atoms with van der Waals surface area (Å²) < 4.78 is 14.7. The largest absolute Gasteiger partial charge is 0.317 e. The normalized spacial score (nSPS) is 12.4. The van der Waals surface area contributed by atoms with Crippen molar-refractivity contribution in [3.05, 3.63) is 53.9 Å². The predicted octanol–water partition coefficient (Wildman–Crippen LogP) is 3.01. The van der Waals surface area contributed by atoms with Gasteiger partial charge in [-0.15, -0.1) is 0 Å². The summed E-state index contributed by atoms with van der Waals surface area (Å²) >= 11 is 5.35. The van der Waals surface area contributed by atoms with E-state index in [1.807, 2.05) is 37.3 Å². The third-order valence-electron chi connectivity index (χ3n) is 2.63. The summed E-state index contributed by atoms with van der Waals surface area (Å²) in [6.07, 6.45) is 1.28. The molecule has 1 atom stereocenters. The zero-order valence-corrected chi connectivity index (χ0v) is 9.86. The van der Waals surface area contributed by atoms with E-state index < -0.39 is 11.2 Å². The zero-order chi connectivity index (χ0) is 12.4. The molecule has 1 aromatic carbocycles. The molecular formula is C12H10ClFN2O. The lowest BCUT2D eigenvalue weighted by Crippen LogP contribution is -2.11. The number of halogens is 2. The van der Waals surface area contributed by atoms with Gasteiger partial charge in [-0.2, -0.15) is 4.39 Å². The van der Waals surface area contributed by atoms with E-state index in [4.69, 9.17) is 11.6 Å². The van der Waals surface area contributed by atoms with E-state index in [1.165, 1.54) is 10.9 Å². The van der Waals surface area contributed by atoms with E-state index in [9.17, 15) is 9.18 Å². The Kier molecular flexibility index (Phi) is 3.24. The Labute approximate surface area is 103 Å². The van der Waals surface area contributed by atoms with Crippen LogP contribution in [0.25, 0.3) is 0 Å². The van der Waals surface area contributed by atoms with E-state index in [2.05, 4.69) is 4.98 Å². The van der Waals surface area contributed by atoms with Gasteiger partial charge in [-0.25, -0.2) is 4.98 Å². The van der Waals surface area contributed by atoms with Crippen molar-refractivity contribution in [1.82, 2.24) is 9.55 Å². The topological polar surface area (TPSA) is 34.9 Å². The summed E-state index contributed by atoms with van der Waals surface area (Å²) in [5.41, 5.74) is 0.743. The zero-order valence-electron chi connectivity index (χ0n) is 9.10. The number of imidazole rings is 1. The van der Waals surface area contributed by atoms with Gasteiger partial charge in [0.25, 0.3) is 5.24 Å². The molecule has 0 radical (unpaired) electrons. The Bertz CT molecular complexity index is 539. The average Bonchev–Trinajstić information content (AvgIpc) is 2.71. The monoisotopic (exact) mass is 252 g/mol. The maximum Gasteiger partial charge on any atom is 0.273 e. The van der Waals surface area contributed by atoms with Crippen molar-refractivity contribution < 1.29 is 9.18 Å². The Hall–Kier alpha value is -1.68. The highest BCUT2D eigenvalue weighted by atomic mass is 35.5. The minimum absolute atomic E-state index is 0.203. The van der Waals surface area contributed by atoms with Crippen molar-refractivity contribution in [2.75, 3.05) is 0 Å².